The molecule has 5 N–H and O–H groups in total. The number of carbonyl (C=O) groups is 1. The van der Waals surface area contributed by atoms with Gasteiger partial charge in [-0.05, 0) is 51.7 Å². The number of anilines is 2. The third-order valence-corrected chi connectivity index (χ3v) is 8.12. The first-order chi connectivity index (χ1) is 16.8. The van der Waals surface area contributed by atoms with Gasteiger partial charge in [-0.15, -0.1) is 11.3 Å². The lowest BCUT2D eigenvalue weighted by molar-refractivity contribution is 0.0938. The summed E-state index contributed by atoms with van der Waals surface area (Å²) in [5, 5.41) is 3.97. The summed E-state index contributed by atoms with van der Waals surface area (Å²) < 4.78 is 5.60. The van der Waals surface area contributed by atoms with Crippen LogP contribution in [0.3, 0.4) is 0 Å². The number of hydrogen-bond donors (Lipinski definition) is 3. The van der Waals surface area contributed by atoms with Crippen LogP contribution in [0.15, 0.2) is 12.1 Å². The topological polar surface area (TPSA) is 132 Å². The lowest BCUT2D eigenvalue weighted by atomic mass is 9.91. The number of nitrogens with one attached hydrogen (secondary N) is 1. The molecule has 3 atom stereocenters. The maximum absolute atomic E-state index is 13.1. The zero-order chi connectivity index (χ0) is 24.7. The monoisotopic (exact) mass is 495 g/mol. The molecule has 1 aliphatic carbocycles. The van der Waals surface area contributed by atoms with E-state index >= 15 is 0 Å². The molecule has 3 aromatic heterocycles. The number of aryl methyl sites for hydroxylation is 3. The Morgan fingerprint density at radius 3 is 2.89 bits per heavy atom. The normalized spacial score (nSPS) is 21.9. The Kier molecular flexibility index (Phi) is 6.61. The van der Waals surface area contributed by atoms with Crippen molar-refractivity contribution in [2.24, 2.45) is 11.7 Å². The van der Waals surface area contributed by atoms with E-state index in [1.54, 1.807) is 0 Å². The van der Waals surface area contributed by atoms with Gasteiger partial charge in [0.25, 0.3) is 5.91 Å². The van der Waals surface area contributed by atoms with E-state index in [1.807, 2.05) is 20.8 Å². The number of thiophene rings is 1. The van der Waals surface area contributed by atoms with E-state index in [0.29, 0.717) is 35.5 Å². The van der Waals surface area contributed by atoms with E-state index in [4.69, 9.17) is 21.2 Å². The van der Waals surface area contributed by atoms with E-state index in [-0.39, 0.29) is 18.0 Å². The molecule has 1 amide bonds. The molecule has 3 unspecified atom stereocenters. The van der Waals surface area contributed by atoms with Crippen LogP contribution < -0.4 is 21.7 Å². The number of aromatic nitrogens is 3. The van der Waals surface area contributed by atoms with E-state index in [9.17, 15) is 4.79 Å². The first-order valence-electron chi connectivity index (χ1n) is 12.2. The van der Waals surface area contributed by atoms with Gasteiger partial charge in [-0.1, -0.05) is 6.07 Å². The van der Waals surface area contributed by atoms with Gasteiger partial charge < -0.3 is 26.4 Å². The van der Waals surface area contributed by atoms with Crippen molar-refractivity contribution in [2.75, 3.05) is 36.9 Å². The summed E-state index contributed by atoms with van der Waals surface area (Å²) in [5.41, 5.74) is 16.2. The smallest absolute Gasteiger partial charge is 0.263 e. The maximum atomic E-state index is 13.1. The van der Waals surface area contributed by atoms with Crippen molar-refractivity contribution in [3.05, 3.63) is 39.8 Å². The highest BCUT2D eigenvalue weighted by Gasteiger charge is 2.32. The Hall–Kier alpha value is -2.82. The van der Waals surface area contributed by atoms with Gasteiger partial charge in [-0.3, -0.25) is 4.79 Å². The van der Waals surface area contributed by atoms with Gasteiger partial charge in [0.05, 0.1) is 23.4 Å². The highest BCUT2D eigenvalue weighted by Crippen LogP contribution is 2.34. The van der Waals surface area contributed by atoms with Crippen molar-refractivity contribution < 1.29 is 9.53 Å². The minimum Gasteiger partial charge on any atom is -0.397 e. The van der Waals surface area contributed by atoms with E-state index in [0.717, 1.165) is 59.8 Å². The number of hydrogen-bond acceptors (Lipinski definition) is 9. The molecule has 0 radical (unpaired) electrons. The molecule has 10 heteroatoms. The van der Waals surface area contributed by atoms with Crippen LogP contribution in [0.4, 0.5) is 11.5 Å². The van der Waals surface area contributed by atoms with Crippen LogP contribution in [0.25, 0.3) is 10.2 Å². The molecule has 4 heterocycles. The molecule has 0 spiro atoms. The molecule has 3 aromatic rings. The quantitative estimate of drug-likeness (QED) is 0.475. The molecule has 1 saturated heterocycles. The Labute approximate surface area is 209 Å². The molecule has 1 aliphatic heterocycles. The second kappa shape index (κ2) is 9.67. The van der Waals surface area contributed by atoms with E-state index in [2.05, 4.69) is 32.3 Å². The predicted octanol–water partition coefficient (Wildman–Crippen LogP) is 2.37. The molecule has 5 rings (SSSR count). The fourth-order valence-electron chi connectivity index (χ4n) is 5.18. The van der Waals surface area contributed by atoms with Crippen molar-refractivity contribution in [3.8, 4) is 0 Å². The van der Waals surface area contributed by atoms with Crippen LogP contribution in [0.2, 0.25) is 0 Å². The second-order valence-corrected chi connectivity index (χ2v) is 10.6. The largest absolute Gasteiger partial charge is 0.397 e. The number of fused-ring (bicyclic) bond motifs is 2. The number of nitrogen functional groups attached to an aromatic ring is 1. The van der Waals surface area contributed by atoms with Crippen molar-refractivity contribution in [1.29, 1.82) is 0 Å². The molecular weight excluding hydrogens is 462 g/mol. The van der Waals surface area contributed by atoms with Gasteiger partial charge in [0, 0.05) is 43.4 Å². The van der Waals surface area contributed by atoms with Crippen LogP contribution in [0, 0.1) is 19.8 Å². The molecule has 9 nitrogen and oxygen atoms in total. The van der Waals surface area contributed by atoms with Gasteiger partial charge in [0.1, 0.15) is 21.3 Å². The molecule has 0 saturated carbocycles. The summed E-state index contributed by atoms with van der Waals surface area (Å²) in [4.78, 5) is 30.4. The Morgan fingerprint density at radius 2 is 2.09 bits per heavy atom. The molecular formula is C25H33N7O2S. The number of amides is 1. The minimum absolute atomic E-state index is 0.0389. The molecule has 0 aromatic carbocycles. The Morgan fingerprint density at radius 1 is 1.26 bits per heavy atom. The van der Waals surface area contributed by atoms with Crippen LogP contribution in [-0.4, -0.2) is 59.2 Å². The van der Waals surface area contributed by atoms with Crippen molar-refractivity contribution in [2.45, 2.75) is 52.1 Å². The maximum Gasteiger partial charge on any atom is 0.263 e. The highest BCUT2D eigenvalue weighted by atomic mass is 32.1. The predicted molar refractivity (Wildman–Crippen MR) is 139 cm³/mol. The van der Waals surface area contributed by atoms with Gasteiger partial charge in [-0.25, -0.2) is 15.0 Å². The average molecular weight is 496 g/mol. The summed E-state index contributed by atoms with van der Waals surface area (Å²) in [5.74, 6) is 1.84. The minimum atomic E-state index is -0.146. The van der Waals surface area contributed by atoms with E-state index in [1.165, 1.54) is 16.9 Å². The number of ether oxygens (including phenoxy) is 1. The van der Waals surface area contributed by atoms with Crippen molar-refractivity contribution >= 4 is 39.0 Å². The third kappa shape index (κ3) is 4.70. The zero-order valence-corrected chi connectivity index (χ0v) is 21.3. The SMILES string of the molecule is CCOCC1CN(c2ccc3c(n2)CCC(NC(=O)c2sc4nc(C)nc(C)c4c2N)C3)CC1N. The number of carbonyl (C=O) groups excluding carboxylic acids is 1. The number of pyridine rings is 1. The standard InChI is InChI=1S/C25H33N7O2S/c1-4-34-12-16-10-32(11-18(16)26)20-8-5-15-9-17(6-7-19(15)31-20)30-24(33)23-22(27)21-13(2)28-14(3)29-25(21)35-23/h5,8,16-18H,4,6-7,9-12,26-27H2,1-3H3,(H,30,33). The summed E-state index contributed by atoms with van der Waals surface area (Å²) in [6.07, 6.45) is 2.41. The first-order valence-corrected chi connectivity index (χ1v) is 13.1. The zero-order valence-electron chi connectivity index (χ0n) is 20.5. The lowest BCUT2D eigenvalue weighted by Gasteiger charge is -2.26. The lowest BCUT2D eigenvalue weighted by Crippen LogP contribution is -2.39. The van der Waals surface area contributed by atoms with Crippen LogP contribution in [0.5, 0.6) is 0 Å². The van der Waals surface area contributed by atoms with Gasteiger partial charge in [-0.2, -0.15) is 0 Å². The molecule has 186 valence electrons. The summed E-state index contributed by atoms with van der Waals surface area (Å²) in [7, 11) is 0. The first kappa shape index (κ1) is 23.9. The van der Waals surface area contributed by atoms with Gasteiger partial charge in [0.2, 0.25) is 0 Å². The van der Waals surface area contributed by atoms with Crippen molar-refractivity contribution in [3.63, 3.8) is 0 Å². The van der Waals surface area contributed by atoms with Crippen LogP contribution in [-0.2, 0) is 17.6 Å². The van der Waals surface area contributed by atoms with Crippen molar-refractivity contribution in [1.82, 2.24) is 20.3 Å². The number of nitrogens with two attached hydrogens (primary N) is 2. The third-order valence-electron chi connectivity index (χ3n) is 7.02. The van der Waals surface area contributed by atoms with Crippen LogP contribution in [0.1, 0.15) is 45.8 Å². The van der Waals surface area contributed by atoms with Gasteiger partial charge in [0.15, 0.2) is 0 Å². The number of rotatable bonds is 6. The highest BCUT2D eigenvalue weighted by molar-refractivity contribution is 7.21. The molecule has 0 bridgehead atoms. The molecule has 35 heavy (non-hydrogen) atoms. The van der Waals surface area contributed by atoms with E-state index < -0.39 is 0 Å². The fourth-order valence-corrected chi connectivity index (χ4v) is 6.27. The summed E-state index contributed by atoms with van der Waals surface area (Å²) in [6.45, 7) is 8.81. The van der Waals surface area contributed by atoms with Gasteiger partial charge >= 0.3 is 0 Å². The summed E-state index contributed by atoms with van der Waals surface area (Å²) >= 11 is 1.33. The summed E-state index contributed by atoms with van der Waals surface area (Å²) in [6, 6.07) is 4.36. The Bertz CT molecular complexity index is 1260. The fraction of sp³-hybridized carbons (Fsp3) is 0.520. The average Bonchev–Trinajstić information content (AvgIpc) is 3.36. The molecule has 1 fully saturated rings. The number of nitrogens with zero attached hydrogens (tertiary/aromatic N) is 4. The van der Waals surface area contributed by atoms with Crippen LogP contribution >= 0.6 is 11.3 Å². The molecule has 2 aliphatic rings. The Balaban J connectivity index is 1.26. The second-order valence-electron chi connectivity index (χ2n) is 9.56.